The van der Waals surface area contributed by atoms with E-state index in [1.54, 1.807) is 7.11 Å². The summed E-state index contributed by atoms with van der Waals surface area (Å²) in [6.07, 6.45) is 0. The monoisotopic (exact) mass is 273 g/mol. The van der Waals surface area contributed by atoms with Gasteiger partial charge in [0.25, 0.3) is 0 Å². The van der Waals surface area contributed by atoms with Crippen LogP contribution in [0, 0.1) is 6.92 Å². The first-order valence-corrected chi connectivity index (χ1v) is 6.73. The van der Waals surface area contributed by atoms with Gasteiger partial charge >= 0.3 is 0 Å². The molecule has 0 unspecified atom stereocenters. The molecule has 1 aromatic carbocycles. The van der Waals surface area contributed by atoms with Crippen LogP contribution in [-0.2, 0) is 12.5 Å². The SMILES string of the molecule is COc1ccc(-c2nc(C(C)(C)C)n(C)c2N)cc1C. The summed E-state index contributed by atoms with van der Waals surface area (Å²) in [5.74, 6) is 2.55. The number of nitrogens with zero attached hydrogens (tertiary/aromatic N) is 2. The van der Waals surface area contributed by atoms with Crippen LogP contribution in [0.25, 0.3) is 11.3 Å². The molecule has 108 valence electrons. The molecule has 1 aromatic heterocycles. The van der Waals surface area contributed by atoms with E-state index in [1.807, 2.05) is 30.7 Å². The van der Waals surface area contributed by atoms with E-state index < -0.39 is 0 Å². The Labute approximate surface area is 120 Å². The van der Waals surface area contributed by atoms with E-state index in [9.17, 15) is 0 Å². The van der Waals surface area contributed by atoms with E-state index in [-0.39, 0.29) is 5.41 Å². The lowest BCUT2D eigenvalue weighted by Crippen LogP contribution is -2.17. The number of aryl methyl sites for hydroxylation is 1. The van der Waals surface area contributed by atoms with Crippen molar-refractivity contribution in [2.24, 2.45) is 7.05 Å². The number of benzene rings is 1. The molecular formula is C16H23N3O. The molecule has 2 aromatic rings. The maximum absolute atomic E-state index is 6.22. The molecule has 20 heavy (non-hydrogen) atoms. The zero-order valence-corrected chi connectivity index (χ0v) is 13.1. The fourth-order valence-electron chi connectivity index (χ4n) is 2.42. The third kappa shape index (κ3) is 2.38. The molecule has 0 spiro atoms. The van der Waals surface area contributed by atoms with Crippen LogP contribution in [-0.4, -0.2) is 16.7 Å². The van der Waals surface area contributed by atoms with Gasteiger partial charge in [0, 0.05) is 18.0 Å². The van der Waals surface area contributed by atoms with Crippen LogP contribution in [0.15, 0.2) is 18.2 Å². The summed E-state index contributed by atoms with van der Waals surface area (Å²) in [4.78, 5) is 4.74. The van der Waals surface area contributed by atoms with Gasteiger partial charge in [-0.25, -0.2) is 4.98 Å². The molecule has 0 aliphatic carbocycles. The van der Waals surface area contributed by atoms with E-state index in [0.717, 1.165) is 28.4 Å². The first-order valence-electron chi connectivity index (χ1n) is 6.73. The average molecular weight is 273 g/mol. The van der Waals surface area contributed by atoms with E-state index in [0.29, 0.717) is 5.82 Å². The standard InChI is InChI=1S/C16H23N3O/c1-10-9-11(7-8-12(10)20-6)13-14(17)19(5)15(18-13)16(2,3)4/h7-9H,17H2,1-6H3. The maximum atomic E-state index is 6.22. The summed E-state index contributed by atoms with van der Waals surface area (Å²) >= 11 is 0. The number of nitrogens with two attached hydrogens (primary N) is 1. The van der Waals surface area contributed by atoms with Gasteiger partial charge in [0.2, 0.25) is 0 Å². The van der Waals surface area contributed by atoms with Crippen molar-refractivity contribution in [3.8, 4) is 17.0 Å². The highest BCUT2D eigenvalue weighted by Crippen LogP contribution is 2.32. The second kappa shape index (κ2) is 4.85. The zero-order chi connectivity index (χ0) is 15.1. The lowest BCUT2D eigenvalue weighted by atomic mass is 9.96. The molecule has 0 saturated heterocycles. The van der Waals surface area contributed by atoms with Crippen molar-refractivity contribution in [3.63, 3.8) is 0 Å². The zero-order valence-electron chi connectivity index (χ0n) is 13.1. The second-order valence-electron chi connectivity index (χ2n) is 6.16. The molecule has 0 fully saturated rings. The van der Waals surface area contributed by atoms with Gasteiger partial charge in [-0.2, -0.15) is 0 Å². The van der Waals surface area contributed by atoms with Gasteiger partial charge in [0.1, 0.15) is 23.1 Å². The van der Waals surface area contributed by atoms with Crippen LogP contribution in [0.5, 0.6) is 5.75 Å². The molecule has 1 heterocycles. The van der Waals surface area contributed by atoms with Crippen LogP contribution >= 0.6 is 0 Å². The Bertz CT molecular complexity index is 636. The van der Waals surface area contributed by atoms with Gasteiger partial charge in [0.05, 0.1) is 7.11 Å². The topological polar surface area (TPSA) is 53.1 Å². The summed E-state index contributed by atoms with van der Waals surface area (Å²) in [5.41, 5.74) is 9.12. The molecular weight excluding hydrogens is 250 g/mol. The van der Waals surface area contributed by atoms with Gasteiger partial charge < -0.3 is 15.0 Å². The molecule has 2 N–H and O–H groups in total. The van der Waals surface area contributed by atoms with Crippen LogP contribution in [0.1, 0.15) is 32.2 Å². The van der Waals surface area contributed by atoms with Crippen molar-refractivity contribution in [1.29, 1.82) is 0 Å². The minimum atomic E-state index is -0.0391. The Morgan fingerprint density at radius 2 is 1.90 bits per heavy atom. The van der Waals surface area contributed by atoms with Crippen LogP contribution in [0.2, 0.25) is 0 Å². The number of nitrogen functional groups attached to an aromatic ring is 1. The fraction of sp³-hybridized carbons (Fsp3) is 0.438. The summed E-state index contributed by atoms with van der Waals surface area (Å²) < 4.78 is 7.26. The third-order valence-electron chi connectivity index (χ3n) is 3.48. The number of anilines is 1. The first-order chi connectivity index (χ1) is 9.25. The predicted octanol–water partition coefficient (Wildman–Crippen LogP) is 3.28. The molecule has 0 aliphatic heterocycles. The average Bonchev–Trinajstić information content (AvgIpc) is 2.66. The minimum Gasteiger partial charge on any atom is -0.496 e. The number of imidazole rings is 1. The van der Waals surface area contributed by atoms with Crippen molar-refractivity contribution in [1.82, 2.24) is 9.55 Å². The lowest BCUT2D eigenvalue weighted by molar-refractivity contribution is 0.412. The van der Waals surface area contributed by atoms with E-state index in [1.165, 1.54) is 0 Å². The van der Waals surface area contributed by atoms with Crippen LogP contribution in [0.4, 0.5) is 5.82 Å². The lowest BCUT2D eigenvalue weighted by Gasteiger charge is -2.17. The Balaban J connectivity index is 2.57. The third-order valence-corrected chi connectivity index (χ3v) is 3.48. The molecule has 0 amide bonds. The van der Waals surface area contributed by atoms with E-state index in [2.05, 4.69) is 26.8 Å². The van der Waals surface area contributed by atoms with Crippen molar-refractivity contribution < 1.29 is 4.74 Å². The number of rotatable bonds is 2. The molecule has 4 heteroatoms. The highest BCUT2D eigenvalue weighted by molar-refractivity contribution is 5.72. The van der Waals surface area contributed by atoms with E-state index in [4.69, 9.17) is 15.5 Å². The van der Waals surface area contributed by atoms with Crippen LogP contribution in [0.3, 0.4) is 0 Å². The van der Waals surface area contributed by atoms with Crippen molar-refractivity contribution in [3.05, 3.63) is 29.6 Å². The Hall–Kier alpha value is -1.97. The van der Waals surface area contributed by atoms with E-state index >= 15 is 0 Å². The Kier molecular flexibility index (Phi) is 3.50. The van der Waals surface area contributed by atoms with Gasteiger partial charge in [-0.3, -0.25) is 0 Å². The largest absolute Gasteiger partial charge is 0.496 e. The molecule has 0 radical (unpaired) electrons. The van der Waals surface area contributed by atoms with Gasteiger partial charge in [-0.1, -0.05) is 20.8 Å². The number of aromatic nitrogens is 2. The molecule has 0 atom stereocenters. The molecule has 4 nitrogen and oxygen atoms in total. The first kappa shape index (κ1) is 14.4. The van der Waals surface area contributed by atoms with Crippen molar-refractivity contribution >= 4 is 5.82 Å². The highest BCUT2D eigenvalue weighted by atomic mass is 16.5. The van der Waals surface area contributed by atoms with Gasteiger partial charge in [-0.15, -0.1) is 0 Å². The summed E-state index contributed by atoms with van der Waals surface area (Å²) in [6.45, 7) is 8.43. The maximum Gasteiger partial charge on any atom is 0.131 e. The quantitative estimate of drug-likeness (QED) is 0.913. The summed E-state index contributed by atoms with van der Waals surface area (Å²) in [6, 6.07) is 6.01. The van der Waals surface area contributed by atoms with Crippen molar-refractivity contribution in [2.45, 2.75) is 33.1 Å². The summed E-state index contributed by atoms with van der Waals surface area (Å²) in [5, 5.41) is 0. The Morgan fingerprint density at radius 3 is 2.35 bits per heavy atom. The van der Waals surface area contributed by atoms with Gasteiger partial charge in [0.15, 0.2) is 0 Å². The number of ether oxygens (including phenoxy) is 1. The minimum absolute atomic E-state index is 0.0391. The number of methoxy groups -OCH3 is 1. The Morgan fingerprint density at radius 1 is 1.25 bits per heavy atom. The molecule has 0 aliphatic rings. The normalized spacial score (nSPS) is 11.7. The smallest absolute Gasteiger partial charge is 0.131 e. The highest BCUT2D eigenvalue weighted by Gasteiger charge is 2.23. The van der Waals surface area contributed by atoms with Crippen molar-refractivity contribution in [2.75, 3.05) is 12.8 Å². The molecule has 0 bridgehead atoms. The van der Waals surface area contributed by atoms with Gasteiger partial charge in [-0.05, 0) is 30.7 Å². The summed E-state index contributed by atoms with van der Waals surface area (Å²) in [7, 11) is 3.64. The molecule has 0 saturated carbocycles. The number of hydrogen-bond donors (Lipinski definition) is 1. The fourth-order valence-corrected chi connectivity index (χ4v) is 2.42. The molecule has 2 rings (SSSR count). The van der Waals surface area contributed by atoms with Crippen LogP contribution < -0.4 is 10.5 Å². The predicted molar refractivity (Wildman–Crippen MR) is 83.0 cm³/mol. The number of hydrogen-bond acceptors (Lipinski definition) is 3. The second-order valence-corrected chi connectivity index (χ2v) is 6.16.